The van der Waals surface area contributed by atoms with Gasteiger partial charge < -0.3 is 15.5 Å². The van der Waals surface area contributed by atoms with Crippen molar-refractivity contribution >= 4 is 30.7 Å². The van der Waals surface area contributed by atoms with Crippen LogP contribution in [-0.2, 0) is 4.79 Å². The van der Waals surface area contributed by atoms with Gasteiger partial charge in [-0.2, -0.15) is 0 Å². The quantitative estimate of drug-likeness (QED) is 0.809. The van der Waals surface area contributed by atoms with Crippen molar-refractivity contribution in [2.24, 2.45) is 5.92 Å². The summed E-state index contributed by atoms with van der Waals surface area (Å²) < 4.78 is 0. The van der Waals surface area contributed by atoms with Crippen molar-refractivity contribution in [2.45, 2.75) is 63.1 Å². The minimum absolute atomic E-state index is 0. The Morgan fingerprint density at radius 3 is 2.19 bits per heavy atom. The van der Waals surface area contributed by atoms with Crippen LogP contribution in [-0.4, -0.2) is 49.1 Å². The molecule has 2 unspecified atom stereocenters. The average Bonchev–Trinajstić information content (AvgIpc) is 2.41. The first kappa shape index (κ1) is 19.0. The first-order chi connectivity index (χ1) is 9.24. The molecule has 2 N–H and O–H groups in total. The molecule has 3 heterocycles. The van der Waals surface area contributed by atoms with Gasteiger partial charge in [-0.15, -0.1) is 24.8 Å². The minimum Gasteiger partial charge on any atom is -0.353 e. The zero-order valence-corrected chi connectivity index (χ0v) is 14.5. The Hall–Kier alpha value is -0.0300. The molecule has 6 heteroatoms. The minimum atomic E-state index is 0. The van der Waals surface area contributed by atoms with E-state index in [1.54, 1.807) is 0 Å². The van der Waals surface area contributed by atoms with Crippen LogP contribution in [0.4, 0.5) is 0 Å². The fraction of sp³-hybridized carbons (Fsp3) is 0.933. The molecule has 3 aliphatic rings. The molecule has 0 aromatic heterocycles. The summed E-state index contributed by atoms with van der Waals surface area (Å²) in [6.07, 6.45) is 8.32. The number of fused-ring (bicyclic) bond motifs is 2. The number of amides is 1. The highest BCUT2D eigenvalue weighted by molar-refractivity contribution is 5.85. The Kier molecular flexibility index (Phi) is 7.75. The van der Waals surface area contributed by atoms with E-state index < -0.39 is 0 Å². The Morgan fingerprint density at radius 1 is 1.05 bits per heavy atom. The van der Waals surface area contributed by atoms with Crippen LogP contribution in [0.5, 0.6) is 0 Å². The summed E-state index contributed by atoms with van der Waals surface area (Å²) >= 11 is 0. The van der Waals surface area contributed by atoms with E-state index in [0.717, 1.165) is 38.8 Å². The highest BCUT2D eigenvalue weighted by Gasteiger charge is 2.37. The molecule has 0 aromatic rings. The van der Waals surface area contributed by atoms with E-state index in [1.807, 2.05) is 0 Å². The van der Waals surface area contributed by atoms with Crippen LogP contribution in [0.3, 0.4) is 0 Å². The summed E-state index contributed by atoms with van der Waals surface area (Å²) in [5.41, 5.74) is 0. The van der Waals surface area contributed by atoms with Crippen molar-refractivity contribution in [2.75, 3.05) is 20.1 Å². The third-order valence-corrected chi connectivity index (χ3v) is 5.40. The summed E-state index contributed by atoms with van der Waals surface area (Å²) in [6, 6.07) is 1.82. The molecule has 3 fully saturated rings. The van der Waals surface area contributed by atoms with Crippen LogP contribution in [0.1, 0.15) is 44.9 Å². The van der Waals surface area contributed by atoms with Crippen molar-refractivity contribution in [3.63, 3.8) is 0 Å². The molecule has 0 spiro atoms. The summed E-state index contributed by atoms with van der Waals surface area (Å²) in [6.45, 7) is 1.99. The summed E-state index contributed by atoms with van der Waals surface area (Å²) in [5.74, 6) is 0.565. The predicted octanol–water partition coefficient (Wildman–Crippen LogP) is 1.96. The number of nitrogens with one attached hydrogen (secondary N) is 2. The van der Waals surface area contributed by atoms with Crippen molar-refractivity contribution < 1.29 is 4.79 Å². The Bertz CT molecular complexity index is 323. The van der Waals surface area contributed by atoms with Crippen molar-refractivity contribution in [3.05, 3.63) is 0 Å². The lowest BCUT2D eigenvalue weighted by Crippen LogP contribution is -2.56. The molecule has 1 amide bonds. The van der Waals surface area contributed by atoms with Gasteiger partial charge in [0.05, 0.1) is 0 Å². The summed E-state index contributed by atoms with van der Waals surface area (Å²) in [4.78, 5) is 14.9. The van der Waals surface area contributed by atoms with Crippen molar-refractivity contribution in [1.82, 2.24) is 15.5 Å². The number of rotatable bonds is 2. The second kappa shape index (κ2) is 8.56. The highest BCUT2D eigenvalue weighted by atomic mass is 35.5. The van der Waals surface area contributed by atoms with Crippen LogP contribution >= 0.6 is 24.8 Å². The summed E-state index contributed by atoms with van der Waals surface area (Å²) in [5, 5.41) is 6.67. The van der Waals surface area contributed by atoms with Gasteiger partial charge in [-0.25, -0.2) is 0 Å². The Morgan fingerprint density at radius 2 is 1.62 bits per heavy atom. The van der Waals surface area contributed by atoms with Gasteiger partial charge in [0, 0.05) is 24.0 Å². The smallest absolute Gasteiger partial charge is 0.223 e. The van der Waals surface area contributed by atoms with Crippen molar-refractivity contribution in [3.8, 4) is 0 Å². The normalized spacial score (nSPS) is 33.5. The molecule has 0 radical (unpaired) electrons. The SMILES string of the molecule is CN1C2CCCC1CC(NC(=O)C1CCNCC1)C2.Cl.Cl. The topological polar surface area (TPSA) is 44.4 Å². The first-order valence-electron chi connectivity index (χ1n) is 7.97. The largest absolute Gasteiger partial charge is 0.353 e. The second-order valence-corrected chi connectivity index (χ2v) is 6.61. The highest BCUT2D eigenvalue weighted by Crippen LogP contribution is 2.32. The van der Waals surface area contributed by atoms with Gasteiger partial charge in [-0.1, -0.05) is 6.42 Å². The molecule has 2 bridgehead atoms. The molecule has 124 valence electrons. The van der Waals surface area contributed by atoms with Gasteiger partial charge >= 0.3 is 0 Å². The van der Waals surface area contributed by atoms with E-state index in [0.29, 0.717) is 24.0 Å². The molecule has 2 atom stereocenters. The monoisotopic (exact) mass is 337 g/mol. The van der Waals surface area contributed by atoms with Gasteiger partial charge in [0.25, 0.3) is 0 Å². The van der Waals surface area contributed by atoms with E-state index >= 15 is 0 Å². The molecular weight excluding hydrogens is 309 g/mol. The van der Waals surface area contributed by atoms with E-state index in [2.05, 4.69) is 22.6 Å². The van der Waals surface area contributed by atoms with Crippen molar-refractivity contribution in [1.29, 1.82) is 0 Å². The third kappa shape index (κ3) is 4.47. The van der Waals surface area contributed by atoms with Gasteiger partial charge in [0.1, 0.15) is 0 Å². The molecule has 3 aliphatic heterocycles. The maximum Gasteiger partial charge on any atom is 0.223 e. The van der Waals surface area contributed by atoms with E-state index in [1.165, 1.54) is 19.3 Å². The van der Waals surface area contributed by atoms with E-state index in [-0.39, 0.29) is 30.7 Å². The maximum atomic E-state index is 12.3. The van der Waals surface area contributed by atoms with Gasteiger partial charge in [0.2, 0.25) is 5.91 Å². The number of piperidine rings is 3. The lowest BCUT2D eigenvalue weighted by Gasteiger charge is -2.47. The van der Waals surface area contributed by atoms with Crippen LogP contribution in [0, 0.1) is 5.92 Å². The molecular formula is C15H29Cl2N3O. The van der Waals surface area contributed by atoms with Crippen LogP contribution in [0.2, 0.25) is 0 Å². The van der Waals surface area contributed by atoms with Crippen LogP contribution < -0.4 is 10.6 Å². The lowest BCUT2D eigenvalue weighted by molar-refractivity contribution is -0.127. The van der Waals surface area contributed by atoms with Gasteiger partial charge in [-0.05, 0) is 58.7 Å². The fourth-order valence-electron chi connectivity index (χ4n) is 4.14. The van der Waals surface area contributed by atoms with Gasteiger partial charge in [0.15, 0.2) is 0 Å². The number of carbonyl (C=O) groups is 1. The Balaban J connectivity index is 0.00000110. The number of halogens is 2. The molecule has 3 rings (SSSR count). The Labute approximate surface area is 140 Å². The van der Waals surface area contributed by atoms with Crippen LogP contribution in [0.25, 0.3) is 0 Å². The zero-order chi connectivity index (χ0) is 13.2. The first-order valence-corrected chi connectivity index (χ1v) is 7.97. The summed E-state index contributed by atoms with van der Waals surface area (Å²) in [7, 11) is 2.26. The molecule has 0 aromatic carbocycles. The number of carbonyl (C=O) groups excluding carboxylic acids is 1. The predicted molar refractivity (Wildman–Crippen MR) is 90.4 cm³/mol. The number of hydrogen-bond acceptors (Lipinski definition) is 3. The fourth-order valence-corrected chi connectivity index (χ4v) is 4.14. The standard InChI is InChI=1S/C15H27N3O.2ClH/c1-18-13-3-2-4-14(18)10-12(9-13)17-15(19)11-5-7-16-8-6-11;;/h11-14,16H,2-10H2,1H3,(H,17,19);2*1H. The number of hydrogen-bond donors (Lipinski definition) is 2. The van der Waals surface area contributed by atoms with E-state index in [4.69, 9.17) is 0 Å². The second-order valence-electron chi connectivity index (χ2n) is 6.61. The van der Waals surface area contributed by atoms with E-state index in [9.17, 15) is 4.79 Å². The number of nitrogens with zero attached hydrogens (tertiary/aromatic N) is 1. The lowest BCUT2D eigenvalue weighted by atomic mass is 9.82. The molecule has 21 heavy (non-hydrogen) atoms. The molecule has 4 nitrogen and oxygen atoms in total. The average molecular weight is 338 g/mol. The maximum absolute atomic E-state index is 12.3. The third-order valence-electron chi connectivity index (χ3n) is 5.40. The molecule has 3 saturated heterocycles. The molecule has 0 saturated carbocycles. The molecule has 0 aliphatic carbocycles. The zero-order valence-electron chi connectivity index (χ0n) is 12.8. The van der Waals surface area contributed by atoms with Gasteiger partial charge in [-0.3, -0.25) is 4.79 Å². The van der Waals surface area contributed by atoms with Crippen LogP contribution in [0.15, 0.2) is 0 Å².